The van der Waals surface area contributed by atoms with Crippen LogP contribution in [0, 0.1) is 0 Å². The van der Waals surface area contributed by atoms with Gasteiger partial charge in [0.1, 0.15) is 0 Å². The molecular weight excluding hydrogens is 208 g/mol. The van der Waals surface area contributed by atoms with Gasteiger partial charge < -0.3 is 10.4 Å². The molecule has 0 aliphatic carbocycles. The van der Waals surface area contributed by atoms with E-state index in [1.807, 2.05) is 0 Å². The lowest BCUT2D eigenvalue weighted by molar-refractivity contribution is 0.0924. The predicted octanol–water partition coefficient (Wildman–Crippen LogP) is -0.160. The highest BCUT2D eigenvalue weighted by Gasteiger charge is 2.14. The lowest BCUT2D eigenvalue weighted by Crippen LogP contribution is -2.34. The molecule has 84 valence electrons. The molecule has 0 radical (unpaired) electrons. The second kappa shape index (κ2) is 4.28. The van der Waals surface area contributed by atoms with Crippen molar-refractivity contribution < 1.29 is 9.90 Å². The molecule has 0 spiro atoms. The number of nitrogens with one attached hydrogen (secondary N) is 1. The van der Waals surface area contributed by atoms with Crippen molar-refractivity contribution in [2.75, 3.05) is 6.61 Å². The summed E-state index contributed by atoms with van der Waals surface area (Å²) >= 11 is 0. The molecule has 0 saturated heterocycles. The molecule has 2 aromatic heterocycles. The minimum atomic E-state index is -0.279. The molecule has 1 atom stereocenters. The van der Waals surface area contributed by atoms with E-state index in [4.69, 9.17) is 5.11 Å². The zero-order valence-corrected chi connectivity index (χ0v) is 8.79. The van der Waals surface area contributed by atoms with Gasteiger partial charge in [0.25, 0.3) is 5.91 Å². The highest BCUT2D eigenvalue weighted by Crippen LogP contribution is 2.08. The number of aliphatic hydroxyl groups excluding tert-OH is 1. The van der Waals surface area contributed by atoms with Crippen molar-refractivity contribution in [3.05, 3.63) is 30.4 Å². The summed E-state index contributed by atoms with van der Waals surface area (Å²) in [4.78, 5) is 15.7. The van der Waals surface area contributed by atoms with Gasteiger partial charge in [0, 0.05) is 18.4 Å². The Kier molecular flexibility index (Phi) is 2.82. The zero-order valence-electron chi connectivity index (χ0n) is 8.79. The standard InChI is InChI=1S/C10H12N4O2/c1-7(6-15)13-10(16)8-4-12-14-3-2-11-5-9(8)14/h2-5,7,15H,6H2,1H3,(H,13,16). The van der Waals surface area contributed by atoms with Crippen molar-refractivity contribution in [2.45, 2.75) is 13.0 Å². The number of rotatable bonds is 3. The number of nitrogens with zero attached hydrogens (tertiary/aromatic N) is 3. The summed E-state index contributed by atoms with van der Waals surface area (Å²) in [5.41, 5.74) is 1.10. The fraction of sp³-hybridized carbons (Fsp3) is 0.300. The summed E-state index contributed by atoms with van der Waals surface area (Å²) in [6, 6.07) is -0.279. The number of aromatic nitrogens is 3. The third-order valence-electron chi connectivity index (χ3n) is 2.22. The Bertz CT molecular complexity index is 508. The molecule has 2 aromatic rings. The van der Waals surface area contributed by atoms with Crippen LogP contribution in [0.3, 0.4) is 0 Å². The van der Waals surface area contributed by atoms with E-state index >= 15 is 0 Å². The van der Waals surface area contributed by atoms with Gasteiger partial charge in [-0.05, 0) is 6.92 Å². The first-order chi connectivity index (χ1) is 7.72. The molecule has 0 aliphatic heterocycles. The minimum absolute atomic E-state index is 0.0940. The first-order valence-corrected chi connectivity index (χ1v) is 4.91. The summed E-state index contributed by atoms with van der Waals surface area (Å²) in [5, 5.41) is 15.5. The van der Waals surface area contributed by atoms with Crippen LogP contribution >= 0.6 is 0 Å². The highest BCUT2D eigenvalue weighted by molar-refractivity contribution is 6.00. The van der Waals surface area contributed by atoms with Crippen LogP contribution in [0.1, 0.15) is 17.3 Å². The van der Waals surface area contributed by atoms with E-state index in [1.54, 1.807) is 30.0 Å². The maximum atomic E-state index is 11.8. The van der Waals surface area contributed by atoms with E-state index in [-0.39, 0.29) is 18.6 Å². The summed E-state index contributed by atoms with van der Waals surface area (Å²) in [6.07, 6.45) is 6.32. The van der Waals surface area contributed by atoms with E-state index in [2.05, 4.69) is 15.4 Å². The van der Waals surface area contributed by atoms with Crippen molar-refractivity contribution in [3.8, 4) is 0 Å². The van der Waals surface area contributed by atoms with Crippen molar-refractivity contribution in [3.63, 3.8) is 0 Å². The van der Waals surface area contributed by atoms with Crippen LogP contribution in [0.2, 0.25) is 0 Å². The number of aliphatic hydroxyl groups is 1. The molecule has 0 fully saturated rings. The largest absolute Gasteiger partial charge is 0.394 e. The SMILES string of the molecule is CC(CO)NC(=O)c1cnn2ccncc12. The molecule has 0 aromatic carbocycles. The molecule has 1 amide bonds. The smallest absolute Gasteiger partial charge is 0.255 e. The van der Waals surface area contributed by atoms with E-state index in [0.29, 0.717) is 11.1 Å². The van der Waals surface area contributed by atoms with Crippen molar-refractivity contribution >= 4 is 11.4 Å². The number of carbonyl (C=O) groups is 1. The van der Waals surface area contributed by atoms with Gasteiger partial charge in [-0.1, -0.05) is 0 Å². The minimum Gasteiger partial charge on any atom is -0.394 e. The van der Waals surface area contributed by atoms with Gasteiger partial charge in [-0.25, -0.2) is 4.52 Å². The number of hydrogen-bond donors (Lipinski definition) is 2. The van der Waals surface area contributed by atoms with Gasteiger partial charge in [-0.3, -0.25) is 9.78 Å². The van der Waals surface area contributed by atoms with E-state index in [9.17, 15) is 4.79 Å². The maximum absolute atomic E-state index is 11.8. The van der Waals surface area contributed by atoms with Crippen LogP contribution in [0.5, 0.6) is 0 Å². The van der Waals surface area contributed by atoms with Crippen molar-refractivity contribution in [1.29, 1.82) is 0 Å². The Morgan fingerprint density at radius 2 is 2.44 bits per heavy atom. The summed E-state index contributed by atoms with van der Waals surface area (Å²) in [5.74, 6) is -0.260. The third kappa shape index (κ3) is 1.87. The lowest BCUT2D eigenvalue weighted by Gasteiger charge is -2.09. The zero-order chi connectivity index (χ0) is 11.5. The van der Waals surface area contributed by atoms with Crippen LogP contribution in [-0.4, -0.2) is 38.3 Å². The predicted molar refractivity (Wildman–Crippen MR) is 57.0 cm³/mol. The molecule has 6 heteroatoms. The van der Waals surface area contributed by atoms with Crippen LogP contribution in [0.15, 0.2) is 24.8 Å². The molecule has 16 heavy (non-hydrogen) atoms. The van der Waals surface area contributed by atoms with Gasteiger partial charge in [0.2, 0.25) is 0 Å². The van der Waals surface area contributed by atoms with Crippen molar-refractivity contribution in [1.82, 2.24) is 19.9 Å². The average molecular weight is 220 g/mol. The van der Waals surface area contributed by atoms with E-state index in [0.717, 1.165) is 0 Å². The molecule has 0 bridgehead atoms. The third-order valence-corrected chi connectivity index (χ3v) is 2.22. The van der Waals surface area contributed by atoms with Gasteiger partial charge in [-0.2, -0.15) is 5.10 Å². The van der Waals surface area contributed by atoms with Gasteiger partial charge in [-0.15, -0.1) is 0 Å². The van der Waals surface area contributed by atoms with Crippen molar-refractivity contribution in [2.24, 2.45) is 0 Å². The van der Waals surface area contributed by atoms with Gasteiger partial charge >= 0.3 is 0 Å². The quantitative estimate of drug-likeness (QED) is 0.753. The topological polar surface area (TPSA) is 79.5 Å². The van der Waals surface area contributed by atoms with Crippen LogP contribution in [-0.2, 0) is 0 Å². The first kappa shape index (κ1) is 10.6. The molecule has 2 N–H and O–H groups in total. The summed E-state index contributed by atoms with van der Waals surface area (Å²) in [6.45, 7) is 1.63. The van der Waals surface area contributed by atoms with E-state index in [1.165, 1.54) is 6.20 Å². The number of amides is 1. The maximum Gasteiger partial charge on any atom is 0.255 e. The fourth-order valence-corrected chi connectivity index (χ4v) is 1.36. The molecule has 6 nitrogen and oxygen atoms in total. The second-order valence-electron chi connectivity index (χ2n) is 3.52. The summed E-state index contributed by atoms with van der Waals surface area (Å²) in [7, 11) is 0. The van der Waals surface area contributed by atoms with Gasteiger partial charge in [0.05, 0.1) is 30.1 Å². The molecule has 2 heterocycles. The fourth-order valence-electron chi connectivity index (χ4n) is 1.36. The Morgan fingerprint density at radius 3 is 3.19 bits per heavy atom. The first-order valence-electron chi connectivity index (χ1n) is 4.91. The second-order valence-corrected chi connectivity index (χ2v) is 3.52. The van der Waals surface area contributed by atoms with Crippen LogP contribution < -0.4 is 5.32 Å². The average Bonchev–Trinajstić information content (AvgIpc) is 2.72. The Hall–Kier alpha value is -1.95. The van der Waals surface area contributed by atoms with Crippen LogP contribution in [0.4, 0.5) is 0 Å². The molecule has 0 saturated carbocycles. The lowest BCUT2D eigenvalue weighted by atomic mass is 10.2. The Labute approximate surface area is 91.9 Å². The highest BCUT2D eigenvalue weighted by atomic mass is 16.3. The van der Waals surface area contributed by atoms with Gasteiger partial charge in [0.15, 0.2) is 0 Å². The molecular formula is C10H12N4O2. The van der Waals surface area contributed by atoms with Crippen LogP contribution in [0.25, 0.3) is 5.52 Å². The van der Waals surface area contributed by atoms with E-state index < -0.39 is 0 Å². The molecule has 0 aliphatic rings. The molecule has 1 unspecified atom stereocenters. The Balaban J connectivity index is 2.30. The number of carbonyl (C=O) groups excluding carboxylic acids is 1. The number of fused-ring (bicyclic) bond motifs is 1. The normalized spacial score (nSPS) is 12.6. The number of hydrogen-bond acceptors (Lipinski definition) is 4. The molecule has 2 rings (SSSR count). The Morgan fingerprint density at radius 1 is 1.62 bits per heavy atom. The monoisotopic (exact) mass is 220 g/mol. The summed E-state index contributed by atoms with van der Waals surface area (Å²) < 4.78 is 1.57.